The second-order valence-corrected chi connectivity index (χ2v) is 5.04. The molecule has 0 aliphatic rings. The van der Waals surface area contributed by atoms with Crippen molar-refractivity contribution in [1.82, 2.24) is 0 Å². The van der Waals surface area contributed by atoms with Crippen molar-refractivity contribution in [2.75, 3.05) is 11.4 Å². The van der Waals surface area contributed by atoms with E-state index >= 15 is 0 Å². The highest BCUT2D eigenvalue weighted by atomic mass is 32.1. The first kappa shape index (κ1) is 14.3. The number of nitrogens with zero attached hydrogens (tertiary/aromatic N) is 1. The zero-order valence-electron chi connectivity index (χ0n) is 11.6. The minimum atomic E-state index is 0.247. The molecule has 0 saturated carbocycles. The van der Waals surface area contributed by atoms with E-state index in [-0.39, 0.29) is 5.75 Å². The highest BCUT2D eigenvalue weighted by Crippen LogP contribution is 2.32. The minimum Gasteiger partial charge on any atom is -0.508 e. The zero-order valence-corrected chi connectivity index (χ0v) is 12.4. The SMILES string of the molecule is CCN(c1cc(O)ccc1C)c1ccccc1C(N)=S. The van der Waals surface area contributed by atoms with Crippen LogP contribution in [0.2, 0.25) is 0 Å². The molecule has 0 atom stereocenters. The van der Waals surface area contributed by atoms with E-state index in [9.17, 15) is 5.11 Å². The molecule has 0 heterocycles. The number of hydrogen-bond donors (Lipinski definition) is 2. The molecule has 0 spiro atoms. The minimum absolute atomic E-state index is 0.247. The molecule has 0 saturated heterocycles. The van der Waals surface area contributed by atoms with E-state index in [4.69, 9.17) is 18.0 Å². The van der Waals surface area contributed by atoms with Crippen LogP contribution in [0, 0.1) is 6.92 Å². The van der Waals surface area contributed by atoms with Gasteiger partial charge in [0.15, 0.2) is 0 Å². The standard InChI is InChI=1S/C16H18N2OS/c1-3-18(15-10-12(19)9-8-11(15)2)14-7-5-4-6-13(14)16(17)20/h4-10,19H,3H2,1-2H3,(H2,17,20). The van der Waals surface area contributed by atoms with Crippen molar-refractivity contribution in [2.45, 2.75) is 13.8 Å². The molecule has 0 aliphatic heterocycles. The maximum atomic E-state index is 9.73. The van der Waals surface area contributed by atoms with Crippen molar-refractivity contribution in [3.63, 3.8) is 0 Å². The third-order valence-corrected chi connectivity index (χ3v) is 3.48. The van der Waals surface area contributed by atoms with Crippen LogP contribution in [0.3, 0.4) is 0 Å². The molecule has 20 heavy (non-hydrogen) atoms. The number of hydrogen-bond acceptors (Lipinski definition) is 3. The smallest absolute Gasteiger partial charge is 0.117 e. The van der Waals surface area contributed by atoms with E-state index in [1.165, 1.54) is 0 Å². The number of rotatable bonds is 4. The molecular formula is C16H18N2OS. The van der Waals surface area contributed by atoms with Crippen LogP contribution >= 0.6 is 12.2 Å². The number of phenolic OH excluding ortho intramolecular Hbond substituents is 1. The Kier molecular flexibility index (Phi) is 4.25. The van der Waals surface area contributed by atoms with Crippen LogP contribution < -0.4 is 10.6 Å². The summed E-state index contributed by atoms with van der Waals surface area (Å²) in [7, 11) is 0. The Balaban J connectivity index is 2.58. The quantitative estimate of drug-likeness (QED) is 0.845. The molecule has 4 heteroatoms. The van der Waals surface area contributed by atoms with E-state index in [2.05, 4.69) is 11.8 Å². The number of thiocarbonyl (C=S) groups is 1. The van der Waals surface area contributed by atoms with E-state index in [1.807, 2.05) is 37.3 Å². The average Bonchev–Trinajstić information content (AvgIpc) is 2.44. The lowest BCUT2D eigenvalue weighted by Gasteiger charge is -2.27. The van der Waals surface area contributed by atoms with Crippen molar-refractivity contribution in [2.24, 2.45) is 5.73 Å². The van der Waals surface area contributed by atoms with Gasteiger partial charge in [-0.3, -0.25) is 0 Å². The van der Waals surface area contributed by atoms with Gasteiger partial charge in [0, 0.05) is 23.9 Å². The largest absolute Gasteiger partial charge is 0.508 e. The Hall–Kier alpha value is -2.07. The highest BCUT2D eigenvalue weighted by Gasteiger charge is 2.15. The molecule has 0 unspecified atom stereocenters. The molecule has 2 aromatic carbocycles. The Labute approximate surface area is 124 Å². The van der Waals surface area contributed by atoms with Crippen LogP contribution in [0.25, 0.3) is 0 Å². The van der Waals surface area contributed by atoms with Gasteiger partial charge < -0.3 is 15.7 Å². The number of aryl methyl sites for hydroxylation is 1. The number of phenols is 1. The van der Waals surface area contributed by atoms with Gasteiger partial charge in [0.1, 0.15) is 10.7 Å². The Morgan fingerprint density at radius 3 is 2.55 bits per heavy atom. The molecule has 0 aromatic heterocycles. The fourth-order valence-electron chi connectivity index (χ4n) is 2.28. The summed E-state index contributed by atoms with van der Waals surface area (Å²) in [5.74, 6) is 0.247. The number of nitrogens with two attached hydrogens (primary N) is 1. The second kappa shape index (κ2) is 5.92. The fraction of sp³-hybridized carbons (Fsp3) is 0.188. The summed E-state index contributed by atoms with van der Waals surface area (Å²) in [4.78, 5) is 2.47. The van der Waals surface area contributed by atoms with Crippen molar-refractivity contribution < 1.29 is 5.11 Å². The van der Waals surface area contributed by atoms with Crippen LogP contribution in [0.4, 0.5) is 11.4 Å². The van der Waals surface area contributed by atoms with E-state index in [0.29, 0.717) is 4.99 Å². The molecule has 3 nitrogen and oxygen atoms in total. The zero-order chi connectivity index (χ0) is 14.7. The highest BCUT2D eigenvalue weighted by molar-refractivity contribution is 7.80. The van der Waals surface area contributed by atoms with E-state index in [1.54, 1.807) is 12.1 Å². The molecule has 0 bridgehead atoms. The predicted octanol–water partition coefficient (Wildman–Crippen LogP) is 3.49. The molecule has 0 aliphatic carbocycles. The van der Waals surface area contributed by atoms with Gasteiger partial charge in [-0.15, -0.1) is 0 Å². The first-order chi connectivity index (χ1) is 9.54. The maximum absolute atomic E-state index is 9.73. The molecule has 2 aromatic rings. The van der Waals surface area contributed by atoms with Gasteiger partial charge in [-0.1, -0.05) is 30.4 Å². The monoisotopic (exact) mass is 286 g/mol. The van der Waals surface area contributed by atoms with Crippen LogP contribution in [-0.2, 0) is 0 Å². The first-order valence-corrected chi connectivity index (χ1v) is 6.91. The van der Waals surface area contributed by atoms with Gasteiger partial charge >= 0.3 is 0 Å². The molecule has 0 fully saturated rings. The summed E-state index contributed by atoms with van der Waals surface area (Å²) in [6.45, 7) is 4.82. The van der Waals surface area contributed by atoms with Gasteiger partial charge in [-0.2, -0.15) is 0 Å². The fourth-order valence-corrected chi connectivity index (χ4v) is 2.45. The lowest BCUT2D eigenvalue weighted by atomic mass is 10.1. The Bertz CT molecular complexity index is 640. The molecular weight excluding hydrogens is 268 g/mol. The van der Waals surface area contributed by atoms with Gasteiger partial charge in [-0.05, 0) is 37.6 Å². The number of aromatic hydroxyl groups is 1. The number of anilines is 2. The summed E-state index contributed by atoms with van der Waals surface area (Å²) in [5, 5.41) is 9.73. The second-order valence-electron chi connectivity index (χ2n) is 4.60. The topological polar surface area (TPSA) is 49.5 Å². The normalized spacial score (nSPS) is 10.3. The van der Waals surface area contributed by atoms with Crippen molar-refractivity contribution in [1.29, 1.82) is 0 Å². The molecule has 0 radical (unpaired) electrons. The van der Waals surface area contributed by atoms with Crippen LogP contribution in [-0.4, -0.2) is 16.6 Å². The van der Waals surface area contributed by atoms with E-state index < -0.39 is 0 Å². The number of benzene rings is 2. The maximum Gasteiger partial charge on any atom is 0.117 e. The third-order valence-electron chi connectivity index (χ3n) is 3.26. The lowest BCUT2D eigenvalue weighted by molar-refractivity contribution is 0.475. The first-order valence-electron chi connectivity index (χ1n) is 6.50. The van der Waals surface area contributed by atoms with E-state index in [0.717, 1.165) is 29.0 Å². The van der Waals surface area contributed by atoms with Crippen molar-refractivity contribution >= 4 is 28.6 Å². The third kappa shape index (κ3) is 2.75. The van der Waals surface area contributed by atoms with Gasteiger partial charge in [0.05, 0.1) is 5.69 Å². The molecule has 3 N–H and O–H groups in total. The summed E-state index contributed by atoms with van der Waals surface area (Å²) in [5.41, 5.74) is 9.64. The summed E-state index contributed by atoms with van der Waals surface area (Å²) in [6.07, 6.45) is 0. The van der Waals surface area contributed by atoms with Gasteiger partial charge in [0.2, 0.25) is 0 Å². The van der Waals surface area contributed by atoms with Crippen LogP contribution in [0.1, 0.15) is 18.1 Å². The summed E-state index contributed by atoms with van der Waals surface area (Å²) >= 11 is 5.13. The number of para-hydroxylation sites is 1. The Morgan fingerprint density at radius 1 is 1.20 bits per heavy atom. The molecule has 104 valence electrons. The predicted molar refractivity (Wildman–Crippen MR) is 87.9 cm³/mol. The average molecular weight is 286 g/mol. The van der Waals surface area contributed by atoms with Crippen molar-refractivity contribution in [3.8, 4) is 5.75 Å². The van der Waals surface area contributed by atoms with Crippen LogP contribution in [0.5, 0.6) is 5.75 Å². The summed E-state index contributed by atoms with van der Waals surface area (Å²) < 4.78 is 0. The van der Waals surface area contributed by atoms with Crippen molar-refractivity contribution in [3.05, 3.63) is 53.6 Å². The van der Waals surface area contributed by atoms with Crippen LogP contribution in [0.15, 0.2) is 42.5 Å². The summed E-state index contributed by atoms with van der Waals surface area (Å²) in [6, 6.07) is 13.1. The molecule has 0 amide bonds. The Morgan fingerprint density at radius 2 is 1.90 bits per heavy atom. The lowest BCUT2D eigenvalue weighted by Crippen LogP contribution is -2.21. The van der Waals surface area contributed by atoms with Gasteiger partial charge in [-0.25, -0.2) is 0 Å². The van der Waals surface area contributed by atoms with Gasteiger partial charge in [0.25, 0.3) is 0 Å². The molecule has 2 rings (SSSR count).